The minimum Gasteiger partial charge on any atom is -0.343 e. The fraction of sp³-hybridized carbons (Fsp3) is 0.929. The monoisotopic (exact) mass is 301 g/mol. The molecular weight excluding hydrogens is 278 g/mol. The molecule has 0 radical (unpaired) electrons. The number of carbonyl (C=O) groups excluding carboxylic acids is 1. The van der Waals surface area contributed by atoms with E-state index in [1.165, 1.54) is 38.5 Å². The summed E-state index contributed by atoms with van der Waals surface area (Å²) >= 11 is 3.66. The number of rotatable bonds is 3. The quantitative estimate of drug-likeness (QED) is 0.730. The summed E-state index contributed by atoms with van der Waals surface area (Å²) in [6.45, 7) is 4.18. The second-order valence-corrected chi connectivity index (χ2v) is 7.19. The SMILES string of the molecule is CC(Br)C1CCN(C(=O)CC2CCCC2)CC1. The normalized spacial score (nSPS) is 25.2. The highest BCUT2D eigenvalue weighted by atomic mass is 79.9. The molecule has 0 aromatic carbocycles. The van der Waals surface area contributed by atoms with E-state index in [0.29, 0.717) is 16.7 Å². The average molecular weight is 302 g/mol. The first-order valence-corrected chi connectivity index (χ1v) is 8.00. The van der Waals surface area contributed by atoms with Gasteiger partial charge in [-0.05, 0) is 37.5 Å². The molecule has 1 aliphatic heterocycles. The van der Waals surface area contributed by atoms with Crippen molar-refractivity contribution in [1.29, 1.82) is 0 Å². The Hall–Kier alpha value is -0.0500. The molecule has 0 spiro atoms. The Balaban J connectivity index is 1.74. The highest BCUT2D eigenvalue weighted by Crippen LogP contribution is 2.30. The van der Waals surface area contributed by atoms with Crippen molar-refractivity contribution in [2.45, 2.75) is 56.7 Å². The lowest BCUT2D eigenvalue weighted by atomic mass is 9.93. The molecule has 1 heterocycles. The van der Waals surface area contributed by atoms with Crippen LogP contribution in [0.5, 0.6) is 0 Å². The van der Waals surface area contributed by atoms with Crippen molar-refractivity contribution in [3.05, 3.63) is 0 Å². The van der Waals surface area contributed by atoms with E-state index in [1.807, 2.05) is 0 Å². The topological polar surface area (TPSA) is 20.3 Å². The number of halogens is 1. The molecule has 1 saturated carbocycles. The van der Waals surface area contributed by atoms with E-state index < -0.39 is 0 Å². The molecule has 2 aliphatic rings. The van der Waals surface area contributed by atoms with Gasteiger partial charge in [-0.1, -0.05) is 35.7 Å². The maximum atomic E-state index is 12.1. The van der Waals surface area contributed by atoms with Crippen molar-refractivity contribution < 1.29 is 4.79 Å². The molecule has 0 aromatic rings. The van der Waals surface area contributed by atoms with Crippen LogP contribution < -0.4 is 0 Å². The van der Waals surface area contributed by atoms with Gasteiger partial charge in [0.25, 0.3) is 0 Å². The van der Waals surface area contributed by atoms with Crippen LogP contribution in [0.1, 0.15) is 51.9 Å². The Kier molecular flexibility index (Phi) is 4.89. The minimum atomic E-state index is 0.414. The zero-order chi connectivity index (χ0) is 12.3. The van der Waals surface area contributed by atoms with E-state index in [-0.39, 0.29) is 0 Å². The first-order chi connectivity index (χ1) is 8.16. The third-order valence-electron chi connectivity index (χ3n) is 4.48. The molecule has 1 atom stereocenters. The Morgan fingerprint density at radius 2 is 1.82 bits per heavy atom. The second-order valence-electron chi connectivity index (χ2n) is 5.75. The zero-order valence-electron chi connectivity index (χ0n) is 10.8. The van der Waals surface area contributed by atoms with Crippen molar-refractivity contribution in [1.82, 2.24) is 4.90 Å². The first kappa shape index (κ1) is 13.4. The lowest BCUT2D eigenvalue weighted by Crippen LogP contribution is -2.40. The predicted molar refractivity (Wildman–Crippen MR) is 74.3 cm³/mol. The number of likely N-dealkylation sites (tertiary alicyclic amines) is 1. The standard InChI is InChI=1S/C14H24BrNO/c1-11(15)13-6-8-16(9-7-13)14(17)10-12-4-2-3-5-12/h11-13H,2-10H2,1H3. The molecular formula is C14H24BrNO. The van der Waals surface area contributed by atoms with E-state index in [4.69, 9.17) is 0 Å². The highest BCUT2D eigenvalue weighted by molar-refractivity contribution is 9.09. The van der Waals surface area contributed by atoms with Crippen LogP contribution in [0.3, 0.4) is 0 Å². The van der Waals surface area contributed by atoms with Gasteiger partial charge in [-0.2, -0.15) is 0 Å². The summed E-state index contributed by atoms with van der Waals surface area (Å²) < 4.78 is 0. The molecule has 2 nitrogen and oxygen atoms in total. The molecule has 2 fully saturated rings. The number of hydrogen-bond acceptors (Lipinski definition) is 1. The van der Waals surface area contributed by atoms with E-state index >= 15 is 0 Å². The molecule has 1 saturated heterocycles. The summed E-state index contributed by atoms with van der Waals surface area (Å²) in [7, 11) is 0. The minimum absolute atomic E-state index is 0.414. The largest absolute Gasteiger partial charge is 0.343 e. The Bertz CT molecular complexity index is 253. The molecule has 3 heteroatoms. The number of piperidine rings is 1. The molecule has 1 amide bonds. The van der Waals surface area contributed by atoms with Crippen molar-refractivity contribution >= 4 is 21.8 Å². The van der Waals surface area contributed by atoms with Crippen LogP contribution >= 0.6 is 15.9 Å². The maximum Gasteiger partial charge on any atom is 0.222 e. The highest BCUT2D eigenvalue weighted by Gasteiger charge is 2.27. The van der Waals surface area contributed by atoms with Gasteiger partial charge in [-0.25, -0.2) is 0 Å². The number of hydrogen-bond donors (Lipinski definition) is 0. The van der Waals surface area contributed by atoms with Crippen LogP contribution in [0.25, 0.3) is 0 Å². The van der Waals surface area contributed by atoms with Gasteiger partial charge < -0.3 is 4.90 Å². The maximum absolute atomic E-state index is 12.1. The predicted octanol–water partition coefficient (Wildman–Crippen LogP) is 3.59. The summed E-state index contributed by atoms with van der Waals surface area (Å²) in [5.41, 5.74) is 0. The fourth-order valence-corrected chi connectivity index (χ4v) is 3.73. The Morgan fingerprint density at radius 3 is 2.35 bits per heavy atom. The van der Waals surface area contributed by atoms with Crippen molar-refractivity contribution in [2.75, 3.05) is 13.1 Å². The first-order valence-electron chi connectivity index (χ1n) is 7.08. The van der Waals surface area contributed by atoms with Gasteiger partial charge in [0.05, 0.1) is 0 Å². The van der Waals surface area contributed by atoms with E-state index in [0.717, 1.165) is 25.4 Å². The summed E-state index contributed by atoms with van der Waals surface area (Å²) in [5.74, 6) is 1.86. The van der Waals surface area contributed by atoms with Crippen molar-refractivity contribution in [2.24, 2.45) is 11.8 Å². The van der Waals surface area contributed by atoms with Gasteiger partial charge in [0.2, 0.25) is 5.91 Å². The molecule has 0 aromatic heterocycles. The zero-order valence-corrected chi connectivity index (χ0v) is 12.4. The van der Waals surface area contributed by atoms with Crippen LogP contribution in [-0.4, -0.2) is 28.7 Å². The third kappa shape index (κ3) is 3.70. The fourth-order valence-electron chi connectivity index (χ4n) is 3.20. The number of amides is 1. The summed E-state index contributed by atoms with van der Waals surface area (Å²) in [6.07, 6.45) is 8.38. The molecule has 0 N–H and O–H groups in total. The van der Waals surface area contributed by atoms with Gasteiger partial charge in [-0.15, -0.1) is 0 Å². The van der Waals surface area contributed by atoms with E-state index in [9.17, 15) is 4.79 Å². The van der Waals surface area contributed by atoms with Gasteiger partial charge in [0.1, 0.15) is 0 Å². The molecule has 2 rings (SSSR count). The summed E-state index contributed by atoms with van der Waals surface area (Å²) in [4.78, 5) is 14.8. The molecule has 17 heavy (non-hydrogen) atoms. The molecule has 1 aliphatic carbocycles. The third-order valence-corrected chi connectivity index (χ3v) is 5.23. The average Bonchev–Trinajstić information content (AvgIpc) is 2.82. The smallest absolute Gasteiger partial charge is 0.222 e. The molecule has 0 bridgehead atoms. The summed E-state index contributed by atoms with van der Waals surface area (Å²) in [5, 5.41) is 0. The van der Waals surface area contributed by atoms with E-state index in [1.54, 1.807) is 0 Å². The van der Waals surface area contributed by atoms with Crippen LogP contribution in [-0.2, 0) is 4.79 Å². The molecule has 1 unspecified atom stereocenters. The van der Waals surface area contributed by atoms with Crippen LogP contribution in [0.2, 0.25) is 0 Å². The van der Waals surface area contributed by atoms with Gasteiger partial charge in [0, 0.05) is 24.3 Å². The summed E-state index contributed by atoms with van der Waals surface area (Å²) in [6, 6.07) is 0. The van der Waals surface area contributed by atoms with Gasteiger partial charge in [0.15, 0.2) is 0 Å². The number of nitrogens with zero attached hydrogens (tertiary/aromatic N) is 1. The second kappa shape index (κ2) is 6.21. The van der Waals surface area contributed by atoms with Gasteiger partial charge in [-0.3, -0.25) is 4.79 Å². The van der Waals surface area contributed by atoms with E-state index in [2.05, 4.69) is 27.8 Å². The molecule has 98 valence electrons. The van der Waals surface area contributed by atoms with Crippen molar-refractivity contribution in [3.8, 4) is 0 Å². The van der Waals surface area contributed by atoms with Crippen LogP contribution in [0, 0.1) is 11.8 Å². The number of carbonyl (C=O) groups is 1. The van der Waals surface area contributed by atoms with Gasteiger partial charge >= 0.3 is 0 Å². The van der Waals surface area contributed by atoms with Crippen LogP contribution in [0.15, 0.2) is 0 Å². The Morgan fingerprint density at radius 1 is 1.24 bits per heavy atom. The van der Waals surface area contributed by atoms with Crippen molar-refractivity contribution in [3.63, 3.8) is 0 Å². The van der Waals surface area contributed by atoms with Crippen LogP contribution in [0.4, 0.5) is 0 Å². The number of alkyl halides is 1. The lowest BCUT2D eigenvalue weighted by molar-refractivity contribution is -0.133. The lowest BCUT2D eigenvalue weighted by Gasteiger charge is -2.33. The Labute approximate surface area is 113 Å².